The number of benzene rings is 1. The fourth-order valence-corrected chi connectivity index (χ4v) is 3.30. The Balaban J connectivity index is 1.77. The SMILES string of the molecule is CCOc1ccc(-c2csc(C3CCCN3)n2)cc1. The number of aromatic nitrogens is 1. The molecule has 1 aliphatic heterocycles. The molecule has 3 rings (SSSR count). The summed E-state index contributed by atoms with van der Waals surface area (Å²) in [7, 11) is 0. The first-order valence-electron chi connectivity index (χ1n) is 6.79. The molecule has 4 heteroatoms. The van der Waals surface area contributed by atoms with Gasteiger partial charge in [-0.2, -0.15) is 0 Å². The van der Waals surface area contributed by atoms with Crippen LogP contribution in [-0.4, -0.2) is 18.1 Å². The zero-order valence-electron chi connectivity index (χ0n) is 11.1. The van der Waals surface area contributed by atoms with Crippen LogP contribution in [0.3, 0.4) is 0 Å². The summed E-state index contributed by atoms with van der Waals surface area (Å²) in [5.74, 6) is 0.916. The Bertz CT molecular complexity index is 529. The van der Waals surface area contributed by atoms with Crippen LogP contribution in [0.25, 0.3) is 11.3 Å². The Kier molecular flexibility index (Phi) is 3.80. The van der Waals surface area contributed by atoms with Gasteiger partial charge in [0.2, 0.25) is 0 Å². The molecule has 1 aromatic heterocycles. The van der Waals surface area contributed by atoms with E-state index in [0.717, 1.165) is 23.6 Å². The maximum atomic E-state index is 5.46. The summed E-state index contributed by atoms with van der Waals surface area (Å²) in [6.45, 7) is 3.81. The molecule has 0 amide bonds. The Morgan fingerprint density at radius 2 is 2.21 bits per heavy atom. The minimum absolute atomic E-state index is 0.460. The lowest BCUT2D eigenvalue weighted by atomic mass is 10.1. The van der Waals surface area contributed by atoms with Crippen LogP contribution in [0.4, 0.5) is 0 Å². The second kappa shape index (κ2) is 5.72. The molecule has 0 spiro atoms. The predicted molar refractivity (Wildman–Crippen MR) is 78.7 cm³/mol. The molecule has 0 bridgehead atoms. The summed E-state index contributed by atoms with van der Waals surface area (Å²) in [6, 6.07) is 8.62. The smallest absolute Gasteiger partial charge is 0.119 e. The van der Waals surface area contributed by atoms with E-state index in [-0.39, 0.29) is 0 Å². The topological polar surface area (TPSA) is 34.1 Å². The number of thiazole rings is 1. The van der Waals surface area contributed by atoms with Gasteiger partial charge >= 0.3 is 0 Å². The van der Waals surface area contributed by atoms with Gasteiger partial charge < -0.3 is 10.1 Å². The Morgan fingerprint density at radius 1 is 1.37 bits per heavy atom. The first kappa shape index (κ1) is 12.6. The fraction of sp³-hybridized carbons (Fsp3) is 0.400. The number of ether oxygens (including phenoxy) is 1. The van der Waals surface area contributed by atoms with Gasteiger partial charge in [0.25, 0.3) is 0 Å². The van der Waals surface area contributed by atoms with E-state index in [9.17, 15) is 0 Å². The van der Waals surface area contributed by atoms with Gasteiger partial charge in [0.15, 0.2) is 0 Å². The number of nitrogens with zero attached hydrogens (tertiary/aromatic N) is 1. The zero-order valence-corrected chi connectivity index (χ0v) is 11.9. The van der Waals surface area contributed by atoms with E-state index in [4.69, 9.17) is 9.72 Å². The molecule has 1 atom stereocenters. The highest BCUT2D eigenvalue weighted by atomic mass is 32.1. The van der Waals surface area contributed by atoms with Crippen LogP contribution in [0.15, 0.2) is 29.6 Å². The van der Waals surface area contributed by atoms with E-state index in [1.807, 2.05) is 19.1 Å². The summed E-state index contributed by atoms with van der Waals surface area (Å²) in [6.07, 6.45) is 2.46. The van der Waals surface area contributed by atoms with Gasteiger partial charge in [-0.25, -0.2) is 4.98 Å². The third kappa shape index (κ3) is 2.80. The van der Waals surface area contributed by atoms with Crippen molar-refractivity contribution >= 4 is 11.3 Å². The summed E-state index contributed by atoms with van der Waals surface area (Å²) < 4.78 is 5.46. The molecule has 2 aromatic rings. The Hall–Kier alpha value is -1.39. The molecule has 1 fully saturated rings. The molecule has 0 radical (unpaired) electrons. The fourth-order valence-electron chi connectivity index (χ4n) is 2.36. The number of nitrogens with one attached hydrogen (secondary N) is 1. The molecule has 19 heavy (non-hydrogen) atoms. The molecule has 1 aliphatic rings. The summed E-state index contributed by atoms with van der Waals surface area (Å²) in [5.41, 5.74) is 2.22. The average Bonchev–Trinajstić information content (AvgIpc) is 3.11. The van der Waals surface area contributed by atoms with Crippen molar-refractivity contribution in [1.82, 2.24) is 10.3 Å². The highest BCUT2D eigenvalue weighted by Crippen LogP contribution is 2.30. The predicted octanol–water partition coefficient (Wildman–Crippen LogP) is 3.63. The quantitative estimate of drug-likeness (QED) is 0.924. The largest absolute Gasteiger partial charge is 0.494 e. The van der Waals surface area contributed by atoms with Crippen LogP contribution in [-0.2, 0) is 0 Å². The number of rotatable bonds is 4. The maximum absolute atomic E-state index is 5.46. The lowest BCUT2D eigenvalue weighted by Gasteiger charge is -2.05. The lowest BCUT2D eigenvalue weighted by Crippen LogP contribution is -2.12. The average molecular weight is 274 g/mol. The van der Waals surface area contributed by atoms with E-state index in [0.29, 0.717) is 12.6 Å². The van der Waals surface area contributed by atoms with Gasteiger partial charge in [0.05, 0.1) is 18.3 Å². The first-order chi connectivity index (χ1) is 9.36. The molecule has 100 valence electrons. The molecule has 1 N–H and O–H groups in total. The van der Waals surface area contributed by atoms with Crippen LogP contribution >= 0.6 is 11.3 Å². The van der Waals surface area contributed by atoms with Crippen molar-refractivity contribution in [3.05, 3.63) is 34.7 Å². The van der Waals surface area contributed by atoms with Gasteiger partial charge in [-0.1, -0.05) is 0 Å². The molecule has 2 heterocycles. The highest BCUT2D eigenvalue weighted by Gasteiger charge is 2.19. The van der Waals surface area contributed by atoms with Crippen LogP contribution < -0.4 is 10.1 Å². The van der Waals surface area contributed by atoms with E-state index in [1.165, 1.54) is 17.8 Å². The molecule has 0 aliphatic carbocycles. The van der Waals surface area contributed by atoms with E-state index in [2.05, 4.69) is 22.8 Å². The molecular weight excluding hydrogens is 256 g/mol. The second-order valence-electron chi connectivity index (χ2n) is 4.68. The zero-order chi connectivity index (χ0) is 13.1. The van der Waals surface area contributed by atoms with Crippen molar-refractivity contribution in [3.8, 4) is 17.0 Å². The van der Waals surface area contributed by atoms with Crippen molar-refractivity contribution in [1.29, 1.82) is 0 Å². The van der Waals surface area contributed by atoms with Crippen molar-refractivity contribution < 1.29 is 4.74 Å². The van der Waals surface area contributed by atoms with Crippen molar-refractivity contribution in [2.75, 3.05) is 13.2 Å². The molecule has 1 unspecified atom stereocenters. The first-order valence-corrected chi connectivity index (χ1v) is 7.67. The Labute approximate surface area is 117 Å². The second-order valence-corrected chi connectivity index (χ2v) is 5.57. The normalized spacial score (nSPS) is 18.7. The van der Waals surface area contributed by atoms with Gasteiger partial charge in [-0.05, 0) is 50.6 Å². The van der Waals surface area contributed by atoms with Crippen molar-refractivity contribution in [2.45, 2.75) is 25.8 Å². The summed E-state index contributed by atoms with van der Waals surface area (Å²) >= 11 is 1.75. The molecule has 0 saturated carbocycles. The van der Waals surface area contributed by atoms with Crippen LogP contribution in [0.2, 0.25) is 0 Å². The molecule has 3 nitrogen and oxygen atoms in total. The number of hydrogen-bond donors (Lipinski definition) is 1. The molecular formula is C15H18N2OS. The monoisotopic (exact) mass is 274 g/mol. The van der Waals surface area contributed by atoms with Crippen LogP contribution in [0.1, 0.15) is 30.8 Å². The van der Waals surface area contributed by atoms with E-state index >= 15 is 0 Å². The Morgan fingerprint density at radius 3 is 2.89 bits per heavy atom. The van der Waals surface area contributed by atoms with Gasteiger partial charge in [0.1, 0.15) is 10.8 Å². The van der Waals surface area contributed by atoms with Gasteiger partial charge in [-0.15, -0.1) is 11.3 Å². The minimum Gasteiger partial charge on any atom is -0.494 e. The maximum Gasteiger partial charge on any atom is 0.119 e. The van der Waals surface area contributed by atoms with Crippen LogP contribution in [0.5, 0.6) is 5.75 Å². The van der Waals surface area contributed by atoms with Gasteiger partial charge in [0, 0.05) is 10.9 Å². The third-order valence-electron chi connectivity index (χ3n) is 3.34. The number of hydrogen-bond acceptors (Lipinski definition) is 4. The van der Waals surface area contributed by atoms with Crippen LogP contribution in [0, 0.1) is 0 Å². The lowest BCUT2D eigenvalue weighted by molar-refractivity contribution is 0.340. The highest BCUT2D eigenvalue weighted by molar-refractivity contribution is 7.10. The van der Waals surface area contributed by atoms with E-state index in [1.54, 1.807) is 11.3 Å². The van der Waals surface area contributed by atoms with Crippen molar-refractivity contribution in [2.24, 2.45) is 0 Å². The minimum atomic E-state index is 0.460. The summed E-state index contributed by atoms with van der Waals surface area (Å²) in [5, 5.41) is 6.84. The molecule has 1 aromatic carbocycles. The van der Waals surface area contributed by atoms with Crippen molar-refractivity contribution in [3.63, 3.8) is 0 Å². The van der Waals surface area contributed by atoms with E-state index < -0.39 is 0 Å². The molecule has 1 saturated heterocycles. The third-order valence-corrected chi connectivity index (χ3v) is 4.30. The summed E-state index contributed by atoms with van der Waals surface area (Å²) in [4.78, 5) is 4.75. The standard InChI is InChI=1S/C15H18N2OS/c1-2-18-12-7-5-11(6-8-12)14-10-19-15(17-14)13-4-3-9-16-13/h5-8,10,13,16H,2-4,9H2,1H3. The van der Waals surface area contributed by atoms with Gasteiger partial charge in [-0.3, -0.25) is 0 Å².